The largest absolute Gasteiger partial charge is 0.323 e. The molecule has 1 rings (SSSR count). The topological polar surface area (TPSA) is 95.5 Å². The Balaban J connectivity index is 2.77. The van der Waals surface area contributed by atoms with Crippen LogP contribution in [0.25, 0.3) is 0 Å². The maximum absolute atomic E-state index is 11.0. The highest BCUT2D eigenvalue weighted by molar-refractivity contribution is 7.79. The fourth-order valence-corrected chi connectivity index (χ4v) is 1.63. The summed E-state index contributed by atoms with van der Waals surface area (Å²) in [6.45, 7) is 1.39. The molecule has 7 heteroatoms. The second-order valence-corrected chi connectivity index (χ2v) is 3.64. The number of rotatable bonds is 2. The zero-order chi connectivity index (χ0) is 9.35. The van der Waals surface area contributed by atoms with Gasteiger partial charge in [-0.2, -0.15) is 0 Å². The standard InChI is InChI=1S/C5H8N2O4S/c1-5(2-12(10)11)3(8)6-4(9)7-5/h2H2,1H3,(H,10,11)(H2,6,7,8,9)/t5-/m1/s1. The van der Waals surface area contributed by atoms with Crippen LogP contribution in [0, 0.1) is 0 Å². The van der Waals surface area contributed by atoms with Crippen LogP contribution in [0.15, 0.2) is 0 Å². The normalized spacial score (nSPS) is 31.2. The van der Waals surface area contributed by atoms with E-state index in [2.05, 4.69) is 5.32 Å². The number of hydrogen-bond donors (Lipinski definition) is 3. The molecule has 0 aromatic rings. The molecule has 1 saturated heterocycles. The predicted molar refractivity (Wildman–Crippen MR) is 40.7 cm³/mol. The Morgan fingerprint density at radius 1 is 1.58 bits per heavy atom. The van der Waals surface area contributed by atoms with E-state index in [0.717, 1.165) is 0 Å². The van der Waals surface area contributed by atoms with Crippen molar-refractivity contribution in [2.45, 2.75) is 12.5 Å². The van der Waals surface area contributed by atoms with Crippen LogP contribution in [0.1, 0.15) is 6.92 Å². The molecule has 3 N–H and O–H groups in total. The summed E-state index contributed by atoms with van der Waals surface area (Å²) in [6.07, 6.45) is 0. The number of amides is 3. The third-order valence-corrected chi connectivity index (χ3v) is 2.35. The van der Waals surface area contributed by atoms with Gasteiger partial charge >= 0.3 is 6.03 Å². The SMILES string of the molecule is C[C@]1(CS(=O)O)NC(=O)NC1=O. The summed E-state index contributed by atoms with van der Waals surface area (Å²) in [5.41, 5.74) is -1.25. The minimum Gasteiger partial charge on any atom is -0.323 e. The highest BCUT2D eigenvalue weighted by Crippen LogP contribution is 2.10. The second-order valence-electron chi connectivity index (χ2n) is 2.71. The van der Waals surface area contributed by atoms with E-state index in [-0.39, 0.29) is 5.75 Å². The van der Waals surface area contributed by atoms with Crippen LogP contribution in [0.2, 0.25) is 0 Å². The van der Waals surface area contributed by atoms with Crippen LogP contribution in [0.4, 0.5) is 4.79 Å². The Bertz CT molecular complexity index is 266. The van der Waals surface area contributed by atoms with E-state index in [1.54, 1.807) is 0 Å². The quantitative estimate of drug-likeness (QED) is 0.378. The number of carbonyl (C=O) groups is 2. The summed E-state index contributed by atoms with van der Waals surface area (Å²) >= 11 is -2.11. The smallest absolute Gasteiger partial charge is 0.322 e. The van der Waals surface area contributed by atoms with Crippen molar-refractivity contribution in [2.24, 2.45) is 0 Å². The Morgan fingerprint density at radius 2 is 2.17 bits per heavy atom. The highest BCUT2D eigenvalue weighted by Gasteiger charge is 2.43. The maximum atomic E-state index is 11.0. The van der Waals surface area contributed by atoms with Gasteiger partial charge in [-0.15, -0.1) is 0 Å². The summed E-state index contributed by atoms with van der Waals surface area (Å²) in [7, 11) is 0. The van der Waals surface area contributed by atoms with Crippen LogP contribution in [-0.4, -0.2) is 32.0 Å². The number of hydrogen-bond acceptors (Lipinski definition) is 3. The fourth-order valence-electron chi connectivity index (χ4n) is 0.928. The Hall–Kier alpha value is -0.950. The van der Waals surface area contributed by atoms with E-state index < -0.39 is 28.6 Å². The van der Waals surface area contributed by atoms with E-state index >= 15 is 0 Å². The lowest BCUT2D eigenvalue weighted by Crippen LogP contribution is -2.48. The molecule has 0 radical (unpaired) electrons. The molecule has 6 nitrogen and oxygen atoms in total. The van der Waals surface area contributed by atoms with Crippen molar-refractivity contribution in [3.05, 3.63) is 0 Å². The molecule has 1 unspecified atom stereocenters. The number of urea groups is 1. The zero-order valence-corrected chi connectivity index (χ0v) is 7.10. The van der Waals surface area contributed by atoms with Crippen LogP contribution in [0.5, 0.6) is 0 Å². The summed E-state index contributed by atoms with van der Waals surface area (Å²) in [5.74, 6) is -0.875. The van der Waals surface area contributed by atoms with Crippen molar-refractivity contribution >= 4 is 23.0 Å². The molecule has 68 valence electrons. The average Bonchev–Trinajstić information content (AvgIpc) is 2.04. The van der Waals surface area contributed by atoms with Gasteiger partial charge in [-0.1, -0.05) is 0 Å². The van der Waals surface area contributed by atoms with Gasteiger partial charge in [0.05, 0.1) is 5.75 Å². The summed E-state index contributed by atoms with van der Waals surface area (Å²) < 4.78 is 18.9. The van der Waals surface area contributed by atoms with Gasteiger partial charge in [0.2, 0.25) is 0 Å². The van der Waals surface area contributed by atoms with E-state index in [9.17, 15) is 13.8 Å². The highest BCUT2D eigenvalue weighted by atomic mass is 32.2. The molecule has 1 aliphatic rings. The fraction of sp³-hybridized carbons (Fsp3) is 0.600. The average molecular weight is 192 g/mol. The molecule has 1 fully saturated rings. The molecule has 0 spiro atoms. The number of imide groups is 1. The lowest BCUT2D eigenvalue weighted by atomic mass is 10.1. The third kappa shape index (κ3) is 1.62. The Morgan fingerprint density at radius 3 is 2.50 bits per heavy atom. The monoisotopic (exact) mass is 192 g/mol. The van der Waals surface area contributed by atoms with Crippen molar-refractivity contribution in [1.82, 2.24) is 10.6 Å². The van der Waals surface area contributed by atoms with E-state index in [0.29, 0.717) is 0 Å². The van der Waals surface area contributed by atoms with Gasteiger partial charge in [0.15, 0.2) is 11.1 Å². The minimum absolute atomic E-state index is 0.301. The second kappa shape index (κ2) is 2.83. The number of carbonyl (C=O) groups excluding carboxylic acids is 2. The molecule has 0 aromatic heterocycles. The van der Waals surface area contributed by atoms with Crippen LogP contribution in [0.3, 0.4) is 0 Å². The summed E-state index contributed by atoms with van der Waals surface area (Å²) in [4.78, 5) is 21.6. The van der Waals surface area contributed by atoms with Crippen LogP contribution >= 0.6 is 0 Å². The first kappa shape index (κ1) is 9.14. The first-order chi connectivity index (χ1) is 5.44. The molecule has 1 heterocycles. The van der Waals surface area contributed by atoms with Gasteiger partial charge in [0.25, 0.3) is 5.91 Å². The van der Waals surface area contributed by atoms with Crippen LogP contribution in [-0.2, 0) is 15.9 Å². The molecule has 0 aromatic carbocycles. The van der Waals surface area contributed by atoms with E-state index in [1.165, 1.54) is 6.92 Å². The van der Waals surface area contributed by atoms with Gasteiger partial charge in [0.1, 0.15) is 5.54 Å². The molecule has 0 saturated carbocycles. The molecule has 2 atom stereocenters. The van der Waals surface area contributed by atoms with Crippen molar-refractivity contribution in [2.75, 3.05) is 5.75 Å². The summed E-state index contributed by atoms with van der Waals surface area (Å²) in [6, 6.07) is -0.632. The molecular formula is C5H8N2O4S. The van der Waals surface area contributed by atoms with E-state index in [4.69, 9.17) is 4.55 Å². The molecular weight excluding hydrogens is 184 g/mol. The third-order valence-electron chi connectivity index (χ3n) is 1.53. The van der Waals surface area contributed by atoms with Gasteiger partial charge < -0.3 is 9.87 Å². The van der Waals surface area contributed by atoms with Crippen molar-refractivity contribution in [3.63, 3.8) is 0 Å². The molecule has 0 aliphatic carbocycles. The van der Waals surface area contributed by atoms with Crippen LogP contribution < -0.4 is 10.6 Å². The first-order valence-electron chi connectivity index (χ1n) is 3.15. The maximum Gasteiger partial charge on any atom is 0.322 e. The predicted octanol–water partition coefficient (Wildman–Crippen LogP) is -1.19. The van der Waals surface area contributed by atoms with Crippen molar-refractivity contribution in [3.8, 4) is 0 Å². The molecule has 1 aliphatic heterocycles. The first-order valence-corrected chi connectivity index (χ1v) is 4.43. The Kier molecular flexibility index (Phi) is 2.16. The molecule has 12 heavy (non-hydrogen) atoms. The molecule has 3 amide bonds. The Labute approximate surface area is 71.0 Å². The van der Waals surface area contributed by atoms with E-state index in [1.807, 2.05) is 5.32 Å². The lowest BCUT2D eigenvalue weighted by molar-refractivity contribution is -0.122. The van der Waals surface area contributed by atoms with Crippen molar-refractivity contribution in [1.29, 1.82) is 0 Å². The van der Waals surface area contributed by atoms with Gasteiger partial charge in [-0.05, 0) is 6.92 Å². The number of nitrogens with one attached hydrogen (secondary N) is 2. The summed E-state index contributed by atoms with van der Waals surface area (Å²) in [5, 5.41) is 4.24. The lowest BCUT2D eigenvalue weighted by Gasteiger charge is -2.17. The van der Waals surface area contributed by atoms with Gasteiger partial charge in [-0.3, -0.25) is 10.1 Å². The van der Waals surface area contributed by atoms with Gasteiger partial charge in [0, 0.05) is 0 Å². The van der Waals surface area contributed by atoms with Gasteiger partial charge in [-0.25, -0.2) is 9.00 Å². The minimum atomic E-state index is -2.11. The molecule has 0 bridgehead atoms. The van der Waals surface area contributed by atoms with Crippen molar-refractivity contribution < 1.29 is 18.4 Å². The zero-order valence-electron chi connectivity index (χ0n) is 6.29.